The summed E-state index contributed by atoms with van der Waals surface area (Å²) in [6.45, 7) is 3.99. The van der Waals surface area contributed by atoms with Crippen molar-refractivity contribution in [1.29, 1.82) is 0 Å². The van der Waals surface area contributed by atoms with Crippen LogP contribution in [0.4, 0.5) is 0 Å². The number of aromatic hydroxyl groups is 1. The number of nitrogens with one attached hydrogen (secondary N) is 2. The lowest BCUT2D eigenvalue weighted by atomic mass is 9.95. The molecule has 2 amide bonds. The molecule has 0 radical (unpaired) electrons. The van der Waals surface area contributed by atoms with Gasteiger partial charge in [-0.3, -0.25) is 9.59 Å². The van der Waals surface area contributed by atoms with E-state index in [1.165, 1.54) is 6.08 Å². The van der Waals surface area contributed by atoms with Gasteiger partial charge in [-0.1, -0.05) is 30.3 Å². The van der Waals surface area contributed by atoms with Gasteiger partial charge in [-0.2, -0.15) is 0 Å². The first-order valence-corrected chi connectivity index (χ1v) is 12.4. The van der Waals surface area contributed by atoms with Crippen LogP contribution in [0.2, 0.25) is 0 Å². The van der Waals surface area contributed by atoms with Crippen LogP contribution >= 0.6 is 0 Å². The number of aliphatic hydroxyl groups is 4. The number of benzene rings is 2. The molecule has 40 heavy (non-hydrogen) atoms. The zero-order valence-corrected chi connectivity index (χ0v) is 22.3. The van der Waals surface area contributed by atoms with Crippen LogP contribution in [-0.2, 0) is 19.1 Å². The molecular weight excluding hydrogens is 524 g/mol. The van der Waals surface area contributed by atoms with E-state index in [4.69, 9.17) is 4.74 Å². The molecule has 0 bridgehead atoms. The molecule has 2 rings (SSSR count). The van der Waals surface area contributed by atoms with E-state index in [1.54, 1.807) is 48.5 Å². The molecule has 2 aromatic rings. The molecule has 4 unspecified atom stereocenters. The third-order valence-electron chi connectivity index (χ3n) is 6.04. The first-order valence-electron chi connectivity index (χ1n) is 12.4. The zero-order valence-electron chi connectivity index (χ0n) is 22.3. The first kappa shape index (κ1) is 32.4. The Morgan fingerprint density at radius 3 is 2.08 bits per heavy atom. The molecule has 0 spiro atoms. The summed E-state index contributed by atoms with van der Waals surface area (Å²) in [7, 11) is 1.01. The molecule has 0 saturated heterocycles. The summed E-state index contributed by atoms with van der Waals surface area (Å²) in [5, 5.41) is 56.6. The van der Waals surface area contributed by atoms with Gasteiger partial charge in [0.15, 0.2) is 0 Å². The van der Waals surface area contributed by atoms with E-state index in [1.807, 2.05) is 0 Å². The number of hydrogen-bond acceptors (Lipinski definition) is 10. The number of carbonyl (C=O) groups excluding carboxylic acids is 3. The van der Waals surface area contributed by atoms with Crippen LogP contribution in [-0.4, -0.2) is 93.7 Å². The largest absolute Gasteiger partial charge is 0.508 e. The highest BCUT2D eigenvalue weighted by atomic mass is 16.7. The van der Waals surface area contributed by atoms with E-state index in [9.17, 15) is 39.9 Å². The number of carbonyl (C=O) groups is 3. The number of phenolic OH excluding ortho intramolecular Hbond substituents is 1. The zero-order chi connectivity index (χ0) is 29.9. The van der Waals surface area contributed by atoms with Crippen molar-refractivity contribution in [3.8, 4) is 16.9 Å². The minimum absolute atomic E-state index is 0.138. The van der Waals surface area contributed by atoms with Crippen molar-refractivity contribution < 1.29 is 49.4 Å². The van der Waals surface area contributed by atoms with Gasteiger partial charge in [0.1, 0.15) is 5.75 Å². The van der Waals surface area contributed by atoms with Crippen LogP contribution in [0.3, 0.4) is 0 Å². The normalized spacial score (nSPS) is 15.6. The number of methoxy groups -OCH3 is 1. The third-order valence-corrected chi connectivity index (χ3v) is 6.04. The topological polar surface area (TPSA) is 195 Å². The van der Waals surface area contributed by atoms with Crippen LogP contribution in [0.15, 0.2) is 61.2 Å². The lowest BCUT2D eigenvalue weighted by Crippen LogP contribution is -2.53. The van der Waals surface area contributed by atoms with Gasteiger partial charge in [-0.05, 0) is 41.8 Å². The molecule has 5 atom stereocenters. The summed E-state index contributed by atoms with van der Waals surface area (Å²) in [5.74, 6) is -4.70. The van der Waals surface area contributed by atoms with Crippen LogP contribution in [0.5, 0.6) is 5.75 Å². The quantitative estimate of drug-likeness (QED) is 0.0900. The van der Waals surface area contributed by atoms with Crippen LogP contribution < -0.4 is 10.6 Å². The Kier molecular flexibility index (Phi) is 12.2. The number of amides is 2. The molecule has 12 heteroatoms. The highest BCUT2D eigenvalue weighted by molar-refractivity contribution is 5.94. The van der Waals surface area contributed by atoms with Crippen molar-refractivity contribution in [2.24, 2.45) is 0 Å². The Labute approximate surface area is 231 Å². The van der Waals surface area contributed by atoms with Gasteiger partial charge >= 0.3 is 5.97 Å². The SMILES string of the molecule is C=CCOC(O)(CC(O)C(C[C@H](O)C(O)CNC(=O)c1ccc(-c2ccc(O)cc2)cc1)NC(C)=O)C(=O)OC. The van der Waals surface area contributed by atoms with Crippen molar-refractivity contribution in [2.75, 3.05) is 20.3 Å². The van der Waals surface area contributed by atoms with Crippen molar-refractivity contribution in [3.63, 3.8) is 0 Å². The second-order valence-electron chi connectivity index (χ2n) is 9.16. The monoisotopic (exact) mass is 560 g/mol. The predicted molar refractivity (Wildman–Crippen MR) is 144 cm³/mol. The minimum Gasteiger partial charge on any atom is -0.508 e. The van der Waals surface area contributed by atoms with Crippen molar-refractivity contribution in [1.82, 2.24) is 10.6 Å². The molecule has 2 aromatic carbocycles. The van der Waals surface area contributed by atoms with E-state index in [2.05, 4.69) is 21.9 Å². The maximum atomic E-state index is 12.5. The molecule has 0 aliphatic rings. The second-order valence-corrected chi connectivity index (χ2v) is 9.16. The van der Waals surface area contributed by atoms with E-state index >= 15 is 0 Å². The Balaban J connectivity index is 1.99. The van der Waals surface area contributed by atoms with Gasteiger partial charge in [0.05, 0.1) is 38.1 Å². The number of ether oxygens (including phenoxy) is 2. The second kappa shape index (κ2) is 15.1. The van der Waals surface area contributed by atoms with E-state index in [-0.39, 0.29) is 18.9 Å². The van der Waals surface area contributed by atoms with Crippen molar-refractivity contribution in [2.45, 2.75) is 49.9 Å². The Bertz CT molecular complexity index is 1140. The number of esters is 1. The number of phenols is 1. The highest BCUT2D eigenvalue weighted by Gasteiger charge is 2.43. The average molecular weight is 561 g/mol. The van der Waals surface area contributed by atoms with Crippen LogP contribution in [0.1, 0.15) is 30.1 Å². The summed E-state index contributed by atoms with van der Waals surface area (Å²) >= 11 is 0. The standard InChI is InChI=1S/C28H36N2O10/c1-4-13-40-28(38,27(37)39-3)15-24(34)22(30-17(2)31)14-23(33)25(35)16-29-26(36)20-7-5-18(6-8-20)19-9-11-21(32)12-10-19/h4-12,22-25,32-35,38H,1,13-16H2,2-3H3,(H,29,36)(H,30,31)/t22?,23-,24?,25?,28?/m0/s1. The lowest BCUT2D eigenvalue weighted by Gasteiger charge is -2.32. The van der Waals surface area contributed by atoms with Gasteiger partial charge in [0.25, 0.3) is 11.7 Å². The van der Waals surface area contributed by atoms with Crippen molar-refractivity contribution in [3.05, 3.63) is 66.7 Å². The Morgan fingerprint density at radius 2 is 1.55 bits per heavy atom. The van der Waals surface area contributed by atoms with E-state index < -0.39 is 60.8 Å². The van der Waals surface area contributed by atoms with E-state index in [0.717, 1.165) is 25.2 Å². The molecule has 12 nitrogen and oxygen atoms in total. The van der Waals surface area contributed by atoms with Gasteiger partial charge in [0.2, 0.25) is 5.91 Å². The van der Waals surface area contributed by atoms with Gasteiger partial charge in [0, 0.05) is 25.5 Å². The molecule has 7 N–H and O–H groups in total. The Hall–Kier alpha value is -3.81. The minimum atomic E-state index is -2.56. The van der Waals surface area contributed by atoms with Gasteiger partial charge in [-0.15, -0.1) is 6.58 Å². The first-order chi connectivity index (χ1) is 18.9. The van der Waals surface area contributed by atoms with Gasteiger partial charge < -0.3 is 45.6 Å². The van der Waals surface area contributed by atoms with Crippen LogP contribution in [0, 0.1) is 0 Å². The fourth-order valence-electron chi connectivity index (χ4n) is 3.88. The van der Waals surface area contributed by atoms with E-state index in [0.29, 0.717) is 5.56 Å². The maximum Gasteiger partial charge on any atom is 0.366 e. The molecule has 218 valence electrons. The fourth-order valence-corrected chi connectivity index (χ4v) is 3.88. The highest BCUT2D eigenvalue weighted by Crippen LogP contribution is 2.23. The summed E-state index contributed by atoms with van der Waals surface area (Å²) in [6, 6.07) is 12.0. The van der Waals surface area contributed by atoms with Crippen LogP contribution in [0.25, 0.3) is 11.1 Å². The summed E-state index contributed by atoms with van der Waals surface area (Å²) < 4.78 is 9.61. The molecule has 0 aliphatic heterocycles. The third kappa shape index (κ3) is 9.43. The average Bonchev–Trinajstić information content (AvgIpc) is 2.93. The van der Waals surface area contributed by atoms with Crippen molar-refractivity contribution >= 4 is 17.8 Å². The smallest absolute Gasteiger partial charge is 0.366 e. The number of rotatable bonds is 15. The summed E-state index contributed by atoms with van der Waals surface area (Å²) in [6.07, 6.45) is -4.47. The lowest BCUT2D eigenvalue weighted by molar-refractivity contribution is -0.232. The molecule has 0 aromatic heterocycles. The fraction of sp³-hybridized carbons (Fsp3) is 0.393. The molecule has 0 fully saturated rings. The summed E-state index contributed by atoms with van der Waals surface area (Å²) in [5.41, 5.74) is 1.97. The maximum absolute atomic E-state index is 12.5. The molecule has 0 heterocycles. The molecule has 0 aliphatic carbocycles. The summed E-state index contributed by atoms with van der Waals surface area (Å²) in [4.78, 5) is 36.3. The number of aliphatic hydroxyl groups excluding tert-OH is 3. The Morgan fingerprint density at radius 1 is 0.975 bits per heavy atom. The number of hydrogen-bond donors (Lipinski definition) is 7. The molecule has 0 saturated carbocycles. The van der Waals surface area contributed by atoms with Gasteiger partial charge in [-0.25, -0.2) is 4.79 Å². The predicted octanol–water partition coefficient (Wildman–Crippen LogP) is 0.221. The molecular formula is C28H36N2O10.